The summed E-state index contributed by atoms with van der Waals surface area (Å²) in [7, 11) is 3.13. The number of rotatable bonds is 4. The van der Waals surface area contributed by atoms with Crippen molar-refractivity contribution in [2.45, 2.75) is 10.1 Å². The Hall–Kier alpha value is -1.75. The Morgan fingerprint density at radius 3 is 2.18 bits per heavy atom. The molecule has 4 nitrogen and oxygen atoms in total. The van der Waals surface area contributed by atoms with Crippen LogP contribution in [0.2, 0.25) is 0 Å². The number of benzene rings is 1. The van der Waals surface area contributed by atoms with E-state index in [1.54, 1.807) is 20.3 Å². The monoisotopic (exact) mass is 247 g/mol. The van der Waals surface area contributed by atoms with Crippen LogP contribution < -0.4 is 9.47 Å². The highest BCUT2D eigenvalue weighted by Gasteiger charge is 2.06. The molecule has 0 unspecified atom stereocenters. The fourth-order valence-electron chi connectivity index (χ4n) is 1.18. The lowest BCUT2D eigenvalue weighted by Gasteiger charge is -2.05. The van der Waals surface area contributed by atoms with Gasteiger partial charge in [0.05, 0.1) is 20.3 Å². The zero-order chi connectivity index (χ0) is 12.1. The number of hydrogen-bond acceptors (Lipinski definition) is 5. The van der Waals surface area contributed by atoms with Gasteiger partial charge in [0.2, 0.25) is 11.8 Å². The topological polar surface area (TPSA) is 44.2 Å². The lowest BCUT2D eigenvalue weighted by molar-refractivity contribution is 0.364. The van der Waals surface area contributed by atoms with E-state index in [1.807, 2.05) is 24.3 Å². The SMILES string of the molecule is COc1cc(OC)nc(Sc2cc[c]cc2)n1. The molecule has 1 heterocycles. The molecule has 0 N–H and O–H groups in total. The van der Waals surface area contributed by atoms with Gasteiger partial charge < -0.3 is 9.47 Å². The molecule has 5 heteroatoms. The molecule has 0 saturated heterocycles. The Kier molecular flexibility index (Phi) is 3.82. The minimum Gasteiger partial charge on any atom is -0.481 e. The van der Waals surface area contributed by atoms with Crippen molar-refractivity contribution in [1.29, 1.82) is 0 Å². The van der Waals surface area contributed by atoms with Crippen LogP contribution in [0.3, 0.4) is 0 Å². The normalized spacial score (nSPS) is 10.0. The number of nitrogens with zero attached hydrogens (tertiary/aromatic N) is 2. The molecule has 87 valence electrons. The van der Waals surface area contributed by atoms with Gasteiger partial charge in [-0.25, -0.2) is 0 Å². The maximum absolute atomic E-state index is 5.08. The minimum absolute atomic E-state index is 0.488. The van der Waals surface area contributed by atoms with Gasteiger partial charge in [-0.15, -0.1) is 0 Å². The number of ether oxygens (including phenoxy) is 2. The largest absolute Gasteiger partial charge is 0.481 e. The quantitative estimate of drug-likeness (QED) is 0.776. The third-order valence-corrected chi connectivity index (χ3v) is 2.85. The summed E-state index contributed by atoms with van der Waals surface area (Å²) in [4.78, 5) is 9.51. The summed E-state index contributed by atoms with van der Waals surface area (Å²) < 4.78 is 10.2. The molecular weight excluding hydrogens is 236 g/mol. The van der Waals surface area contributed by atoms with E-state index in [0.29, 0.717) is 16.9 Å². The van der Waals surface area contributed by atoms with E-state index in [-0.39, 0.29) is 0 Å². The van der Waals surface area contributed by atoms with Crippen LogP contribution in [-0.2, 0) is 0 Å². The standard InChI is InChI=1S/C12H11N2O2S/c1-15-10-8-11(16-2)14-12(13-10)17-9-6-4-3-5-7-9/h4-8H,1-2H3. The average molecular weight is 247 g/mol. The predicted molar refractivity (Wildman–Crippen MR) is 64.5 cm³/mol. The van der Waals surface area contributed by atoms with E-state index in [1.165, 1.54) is 11.8 Å². The second-order valence-electron chi connectivity index (χ2n) is 3.07. The van der Waals surface area contributed by atoms with Gasteiger partial charge in [0, 0.05) is 4.90 Å². The molecule has 2 aromatic rings. The first-order chi connectivity index (χ1) is 8.31. The minimum atomic E-state index is 0.488. The molecule has 0 spiro atoms. The molecule has 2 rings (SSSR count). The maximum atomic E-state index is 5.08. The van der Waals surface area contributed by atoms with E-state index in [2.05, 4.69) is 16.0 Å². The molecule has 0 aliphatic carbocycles. The van der Waals surface area contributed by atoms with Crippen LogP contribution in [0.15, 0.2) is 40.4 Å². The molecular formula is C12H11N2O2S. The van der Waals surface area contributed by atoms with Crippen molar-refractivity contribution in [2.24, 2.45) is 0 Å². The smallest absolute Gasteiger partial charge is 0.220 e. The van der Waals surface area contributed by atoms with Crippen LogP contribution in [0.25, 0.3) is 0 Å². The highest BCUT2D eigenvalue weighted by atomic mass is 32.2. The Morgan fingerprint density at radius 1 is 1.06 bits per heavy atom. The fraction of sp³-hybridized carbons (Fsp3) is 0.167. The highest BCUT2D eigenvalue weighted by Crippen LogP contribution is 2.27. The molecule has 0 aliphatic heterocycles. The van der Waals surface area contributed by atoms with Gasteiger partial charge in [-0.05, 0) is 30.0 Å². The van der Waals surface area contributed by atoms with Gasteiger partial charge in [-0.2, -0.15) is 9.97 Å². The number of hydrogen-bond donors (Lipinski definition) is 0. The Morgan fingerprint density at radius 2 is 1.65 bits per heavy atom. The van der Waals surface area contributed by atoms with Crippen molar-refractivity contribution in [1.82, 2.24) is 9.97 Å². The van der Waals surface area contributed by atoms with E-state index in [9.17, 15) is 0 Å². The third-order valence-electron chi connectivity index (χ3n) is 1.97. The third kappa shape index (κ3) is 3.10. The maximum Gasteiger partial charge on any atom is 0.220 e. The van der Waals surface area contributed by atoms with Crippen molar-refractivity contribution in [3.05, 3.63) is 36.4 Å². The average Bonchev–Trinajstić information content (AvgIpc) is 2.39. The second-order valence-corrected chi connectivity index (χ2v) is 4.11. The van der Waals surface area contributed by atoms with Crippen LogP contribution in [0.4, 0.5) is 0 Å². The summed E-state index contributed by atoms with van der Waals surface area (Å²) >= 11 is 1.44. The first kappa shape index (κ1) is 11.7. The Labute approximate surface area is 104 Å². The molecule has 0 bridgehead atoms. The van der Waals surface area contributed by atoms with Crippen LogP contribution in [0.5, 0.6) is 11.8 Å². The van der Waals surface area contributed by atoms with Gasteiger partial charge in [-0.1, -0.05) is 12.1 Å². The predicted octanol–water partition coefficient (Wildman–Crippen LogP) is 2.45. The van der Waals surface area contributed by atoms with Crippen molar-refractivity contribution >= 4 is 11.8 Å². The Bertz CT molecular complexity index is 469. The molecule has 0 saturated carbocycles. The summed E-state index contributed by atoms with van der Waals surface area (Å²) in [5.74, 6) is 0.976. The molecule has 0 atom stereocenters. The van der Waals surface area contributed by atoms with Gasteiger partial charge in [0.1, 0.15) is 0 Å². The Balaban J connectivity index is 2.26. The highest BCUT2D eigenvalue weighted by molar-refractivity contribution is 7.99. The zero-order valence-electron chi connectivity index (χ0n) is 9.51. The van der Waals surface area contributed by atoms with Crippen molar-refractivity contribution < 1.29 is 9.47 Å². The summed E-state index contributed by atoms with van der Waals surface area (Å²) in [5.41, 5.74) is 0. The van der Waals surface area contributed by atoms with Gasteiger partial charge >= 0.3 is 0 Å². The van der Waals surface area contributed by atoms with E-state index in [4.69, 9.17) is 9.47 Å². The first-order valence-corrected chi connectivity index (χ1v) is 5.74. The fourth-order valence-corrected chi connectivity index (χ4v) is 1.94. The first-order valence-electron chi connectivity index (χ1n) is 4.93. The summed E-state index contributed by atoms with van der Waals surface area (Å²) in [6.07, 6.45) is 0. The van der Waals surface area contributed by atoms with Crippen LogP contribution in [0, 0.1) is 6.07 Å². The summed E-state index contributed by atoms with van der Waals surface area (Å²) in [6, 6.07) is 12.2. The molecule has 1 aromatic carbocycles. The molecule has 0 aliphatic rings. The van der Waals surface area contributed by atoms with Crippen LogP contribution in [0.1, 0.15) is 0 Å². The lowest BCUT2D eigenvalue weighted by atomic mass is 10.4. The van der Waals surface area contributed by atoms with Gasteiger partial charge in [0.25, 0.3) is 0 Å². The van der Waals surface area contributed by atoms with Crippen molar-refractivity contribution in [3.8, 4) is 11.8 Å². The second kappa shape index (κ2) is 5.54. The van der Waals surface area contributed by atoms with E-state index >= 15 is 0 Å². The lowest BCUT2D eigenvalue weighted by Crippen LogP contribution is -1.95. The summed E-state index contributed by atoms with van der Waals surface area (Å²) in [5, 5.41) is 0.590. The van der Waals surface area contributed by atoms with E-state index in [0.717, 1.165) is 4.90 Å². The molecule has 1 radical (unpaired) electrons. The van der Waals surface area contributed by atoms with Crippen molar-refractivity contribution in [3.63, 3.8) is 0 Å². The molecule has 0 amide bonds. The summed E-state index contributed by atoms with van der Waals surface area (Å²) in [6.45, 7) is 0. The number of aromatic nitrogens is 2. The molecule has 17 heavy (non-hydrogen) atoms. The molecule has 1 aromatic heterocycles. The van der Waals surface area contributed by atoms with E-state index < -0.39 is 0 Å². The van der Waals surface area contributed by atoms with Crippen LogP contribution >= 0.6 is 11.8 Å². The van der Waals surface area contributed by atoms with Crippen LogP contribution in [-0.4, -0.2) is 24.2 Å². The molecule has 0 fully saturated rings. The van der Waals surface area contributed by atoms with Crippen molar-refractivity contribution in [2.75, 3.05) is 14.2 Å². The zero-order valence-corrected chi connectivity index (χ0v) is 10.3. The van der Waals surface area contributed by atoms with Gasteiger partial charge in [0.15, 0.2) is 5.16 Å². The number of methoxy groups -OCH3 is 2. The van der Waals surface area contributed by atoms with Gasteiger partial charge in [-0.3, -0.25) is 0 Å².